The lowest BCUT2D eigenvalue weighted by molar-refractivity contribution is 0.0969. The molecule has 1 aliphatic heterocycles. The van der Waals surface area contributed by atoms with Crippen LogP contribution in [-0.2, 0) is 6.54 Å². The number of amides is 1. The topological polar surface area (TPSA) is 35.6 Å². The number of piperazine rings is 1. The third kappa shape index (κ3) is 4.86. The van der Waals surface area contributed by atoms with Crippen LogP contribution in [0.5, 0.6) is 0 Å². The zero-order valence-electron chi connectivity index (χ0n) is 14.7. The maximum Gasteiger partial charge on any atom is 0.257 e. The van der Waals surface area contributed by atoms with E-state index in [4.69, 9.17) is 12.2 Å². The van der Waals surface area contributed by atoms with Crippen molar-refractivity contribution in [1.82, 2.24) is 15.1 Å². The zero-order valence-corrected chi connectivity index (χ0v) is 15.6. The predicted molar refractivity (Wildman–Crippen MR) is 104 cm³/mol. The van der Waals surface area contributed by atoms with Crippen LogP contribution in [0.3, 0.4) is 0 Å². The van der Waals surface area contributed by atoms with Gasteiger partial charge in [0.1, 0.15) is 5.82 Å². The van der Waals surface area contributed by atoms with Gasteiger partial charge in [-0.1, -0.05) is 29.8 Å². The van der Waals surface area contributed by atoms with E-state index in [9.17, 15) is 9.18 Å². The van der Waals surface area contributed by atoms with Crippen molar-refractivity contribution >= 4 is 23.2 Å². The minimum Gasteiger partial charge on any atom is -0.346 e. The molecule has 0 bridgehead atoms. The third-order valence-corrected chi connectivity index (χ3v) is 4.87. The van der Waals surface area contributed by atoms with Crippen molar-refractivity contribution in [2.24, 2.45) is 0 Å². The number of hydrogen-bond donors (Lipinski definition) is 1. The average Bonchev–Trinajstić information content (AvgIpc) is 2.64. The van der Waals surface area contributed by atoms with E-state index >= 15 is 0 Å². The molecule has 2 aromatic rings. The van der Waals surface area contributed by atoms with Crippen LogP contribution in [0.2, 0.25) is 0 Å². The van der Waals surface area contributed by atoms with Crippen molar-refractivity contribution < 1.29 is 9.18 Å². The van der Waals surface area contributed by atoms with Gasteiger partial charge in [0.2, 0.25) is 0 Å². The molecule has 0 aromatic heterocycles. The number of hydrogen-bond acceptors (Lipinski definition) is 3. The molecule has 0 spiro atoms. The summed E-state index contributed by atoms with van der Waals surface area (Å²) in [6.07, 6.45) is 0. The predicted octanol–water partition coefficient (Wildman–Crippen LogP) is 2.97. The molecule has 1 amide bonds. The minimum absolute atomic E-state index is 0.177. The lowest BCUT2D eigenvalue weighted by Gasteiger charge is -2.36. The van der Waals surface area contributed by atoms with Crippen molar-refractivity contribution in [2.75, 3.05) is 26.2 Å². The second-order valence-corrected chi connectivity index (χ2v) is 6.90. The summed E-state index contributed by atoms with van der Waals surface area (Å²) >= 11 is 5.39. The molecule has 1 aliphatic rings. The lowest BCUT2D eigenvalue weighted by atomic mass is 10.1. The fraction of sp³-hybridized carbons (Fsp3) is 0.300. The van der Waals surface area contributed by atoms with Gasteiger partial charge in [-0.3, -0.25) is 15.0 Å². The highest BCUT2D eigenvalue weighted by molar-refractivity contribution is 7.80. The summed E-state index contributed by atoms with van der Waals surface area (Å²) < 4.78 is 13.0. The summed E-state index contributed by atoms with van der Waals surface area (Å²) in [4.78, 5) is 16.6. The number of thiocarbonyl (C=S) groups is 1. The summed E-state index contributed by atoms with van der Waals surface area (Å²) in [6, 6.07) is 14.0. The lowest BCUT2D eigenvalue weighted by Crippen LogP contribution is -2.52. The molecule has 0 aliphatic carbocycles. The van der Waals surface area contributed by atoms with Crippen LogP contribution in [0.25, 0.3) is 0 Å². The first-order valence-corrected chi connectivity index (χ1v) is 9.06. The number of benzene rings is 2. The molecule has 0 radical (unpaired) electrons. The molecule has 0 atom stereocenters. The number of carbonyl (C=O) groups is 1. The van der Waals surface area contributed by atoms with E-state index in [-0.39, 0.29) is 11.7 Å². The van der Waals surface area contributed by atoms with Crippen LogP contribution in [0.1, 0.15) is 21.5 Å². The molecular formula is C20H22FN3OS. The highest BCUT2D eigenvalue weighted by atomic mass is 32.1. The Morgan fingerprint density at radius 1 is 1.04 bits per heavy atom. The molecule has 1 saturated heterocycles. The molecule has 0 saturated carbocycles. The number of rotatable bonds is 3. The molecule has 2 aromatic carbocycles. The first-order chi connectivity index (χ1) is 12.5. The number of nitrogens with zero attached hydrogens (tertiary/aromatic N) is 2. The highest BCUT2D eigenvalue weighted by Crippen LogP contribution is 2.10. The van der Waals surface area contributed by atoms with Crippen LogP contribution < -0.4 is 5.32 Å². The van der Waals surface area contributed by atoms with Crippen molar-refractivity contribution in [2.45, 2.75) is 13.5 Å². The first-order valence-electron chi connectivity index (χ1n) is 8.65. The van der Waals surface area contributed by atoms with E-state index in [0.29, 0.717) is 10.7 Å². The molecule has 4 nitrogen and oxygen atoms in total. The maximum atomic E-state index is 13.0. The molecule has 0 unspecified atom stereocenters. The SMILES string of the molecule is Cc1ccc(C(=O)NC(=S)N2CCN(Cc3ccc(F)cc3)CC2)cc1. The minimum atomic E-state index is -0.215. The number of aryl methyl sites for hydroxylation is 1. The van der Waals surface area contributed by atoms with E-state index in [1.54, 1.807) is 12.1 Å². The van der Waals surface area contributed by atoms with Gasteiger partial charge in [0, 0.05) is 38.3 Å². The first kappa shape index (κ1) is 18.5. The second kappa shape index (κ2) is 8.38. The van der Waals surface area contributed by atoms with Gasteiger partial charge in [-0.25, -0.2) is 4.39 Å². The Balaban J connectivity index is 1.48. The van der Waals surface area contributed by atoms with E-state index in [0.717, 1.165) is 43.9 Å². The van der Waals surface area contributed by atoms with E-state index < -0.39 is 0 Å². The molecule has 3 rings (SSSR count). The van der Waals surface area contributed by atoms with Gasteiger partial charge in [0.05, 0.1) is 0 Å². The van der Waals surface area contributed by atoms with Crippen LogP contribution >= 0.6 is 12.2 Å². The Morgan fingerprint density at radius 3 is 2.27 bits per heavy atom. The Morgan fingerprint density at radius 2 is 1.65 bits per heavy atom. The summed E-state index contributed by atoms with van der Waals surface area (Å²) in [7, 11) is 0. The molecule has 1 N–H and O–H groups in total. The van der Waals surface area contributed by atoms with Gasteiger partial charge < -0.3 is 4.90 Å². The van der Waals surface area contributed by atoms with E-state index in [1.807, 2.05) is 36.1 Å². The third-order valence-electron chi connectivity index (χ3n) is 4.51. The summed E-state index contributed by atoms with van der Waals surface area (Å²) in [5.41, 5.74) is 2.81. The van der Waals surface area contributed by atoms with Gasteiger partial charge in [0.25, 0.3) is 5.91 Å². The smallest absolute Gasteiger partial charge is 0.257 e. The molecular weight excluding hydrogens is 349 g/mol. The fourth-order valence-electron chi connectivity index (χ4n) is 2.91. The van der Waals surface area contributed by atoms with Crippen molar-refractivity contribution in [3.8, 4) is 0 Å². The van der Waals surface area contributed by atoms with Crippen LogP contribution in [0.4, 0.5) is 4.39 Å². The summed E-state index contributed by atoms with van der Waals surface area (Å²) in [5, 5.41) is 3.28. The Bertz CT molecular complexity index is 769. The van der Waals surface area contributed by atoms with Gasteiger partial charge >= 0.3 is 0 Å². The van der Waals surface area contributed by atoms with Crippen molar-refractivity contribution in [1.29, 1.82) is 0 Å². The standard InChI is InChI=1S/C20H22FN3OS/c1-15-2-6-17(7-3-15)19(25)22-20(26)24-12-10-23(11-13-24)14-16-4-8-18(21)9-5-16/h2-9H,10-14H2,1H3,(H,22,25,26). The Hall–Kier alpha value is -2.31. The van der Waals surface area contributed by atoms with Gasteiger partial charge in [0.15, 0.2) is 5.11 Å². The Labute approximate surface area is 158 Å². The highest BCUT2D eigenvalue weighted by Gasteiger charge is 2.20. The zero-order chi connectivity index (χ0) is 18.5. The molecule has 1 fully saturated rings. The van der Waals surface area contributed by atoms with E-state index in [1.165, 1.54) is 12.1 Å². The fourth-order valence-corrected chi connectivity index (χ4v) is 3.19. The summed E-state index contributed by atoms with van der Waals surface area (Å²) in [6.45, 7) is 5.98. The molecule has 6 heteroatoms. The van der Waals surface area contributed by atoms with E-state index in [2.05, 4.69) is 10.2 Å². The van der Waals surface area contributed by atoms with Gasteiger partial charge in [-0.2, -0.15) is 0 Å². The Kier molecular flexibility index (Phi) is 5.96. The number of nitrogens with one attached hydrogen (secondary N) is 1. The monoisotopic (exact) mass is 371 g/mol. The van der Waals surface area contributed by atoms with Gasteiger partial charge in [-0.15, -0.1) is 0 Å². The van der Waals surface area contributed by atoms with Crippen molar-refractivity contribution in [3.63, 3.8) is 0 Å². The largest absolute Gasteiger partial charge is 0.346 e. The quantitative estimate of drug-likeness (QED) is 0.842. The molecule has 26 heavy (non-hydrogen) atoms. The van der Waals surface area contributed by atoms with Crippen LogP contribution in [0, 0.1) is 12.7 Å². The summed E-state index contributed by atoms with van der Waals surface area (Å²) in [5.74, 6) is -0.392. The van der Waals surface area contributed by atoms with Gasteiger partial charge in [-0.05, 0) is 49.0 Å². The maximum absolute atomic E-state index is 13.0. The second-order valence-electron chi connectivity index (χ2n) is 6.51. The molecule has 136 valence electrons. The molecule has 1 heterocycles. The normalized spacial score (nSPS) is 14.9. The number of carbonyl (C=O) groups excluding carboxylic acids is 1. The number of halogens is 1. The van der Waals surface area contributed by atoms with Crippen LogP contribution in [0.15, 0.2) is 48.5 Å². The average molecular weight is 371 g/mol. The van der Waals surface area contributed by atoms with Crippen LogP contribution in [-0.4, -0.2) is 47.0 Å². The van der Waals surface area contributed by atoms with Crippen molar-refractivity contribution in [3.05, 3.63) is 71.0 Å².